The van der Waals surface area contributed by atoms with E-state index in [4.69, 9.17) is 8.83 Å². The van der Waals surface area contributed by atoms with Crippen molar-refractivity contribution in [2.75, 3.05) is 0 Å². The Kier molecular flexibility index (Phi) is 4.95. The average molecular weight is 558 g/mol. The maximum atomic E-state index is 14.0. The molecule has 5 aromatic carbocycles. The molecule has 0 N–H and O–H groups in total. The van der Waals surface area contributed by atoms with E-state index in [2.05, 4.69) is 54.8 Å². The Morgan fingerprint density at radius 3 is 1.63 bits per heavy atom. The van der Waals surface area contributed by atoms with E-state index >= 15 is 0 Å². The van der Waals surface area contributed by atoms with Crippen molar-refractivity contribution < 1.29 is 8.83 Å². The van der Waals surface area contributed by atoms with Gasteiger partial charge in [0.05, 0.1) is 43.7 Å². The maximum absolute atomic E-state index is 14.0. The van der Waals surface area contributed by atoms with Crippen molar-refractivity contribution in [2.45, 2.75) is 13.8 Å². The van der Waals surface area contributed by atoms with Gasteiger partial charge in [0.25, 0.3) is 0 Å². The van der Waals surface area contributed by atoms with Gasteiger partial charge in [0, 0.05) is 22.5 Å². The molecule has 202 valence electrons. The standard InChI is InChI=1S/C36H19N3O4/c1-18-5-3-7-23-24-8-4-6-19(2)34(24)39(33(18)23)22-9-10-29-26(13-22)36(41)27-15-32-28(14-31(27)42-29)35(40)25-11-20(16-37)21(17-38)12-30(25)43-32/h3-15H,1-2H3. The zero-order valence-corrected chi connectivity index (χ0v) is 23.0. The van der Waals surface area contributed by atoms with Gasteiger partial charge in [-0.2, -0.15) is 10.5 Å². The number of nitriles is 2. The molecule has 8 rings (SSSR count). The number of rotatable bonds is 1. The van der Waals surface area contributed by atoms with Crippen molar-refractivity contribution in [3.8, 4) is 17.8 Å². The summed E-state index contributed by atoms with van der Waals surface area (Å²) in [6.45, 7) is 4.17. The van der Waals surface area contributed by atoms with Crippen LogP contribution in [0.1, 0.15) is 22.3 Å². The quantitative estimate of drug-likeness (QED) is 0.191. The third-order valence-corrected chi connectivity index (χ3v) is 8.29. The predicted molar refractivity (Wildman–Crippen MR) is 167 cm³/mol. The largest absolute Gasteiger partial charge is 0.456 e. The summed E-state index contributed by atoms with van der Waals surface area (Å²) < 4.78 is 14.4. The summed E-state index contributed by atoms with van der Waals surface area (Å²) in [5.74, 6) is 0. The molecule has 0 saturated carbocycles. The molecule has 0 amide bonds. The second-order valence-corrected chi connectivity index (χ2v) is 10.8. The first-order chi connectivity index (χ1) is 20.9. The van der Waals surface area contributed by atoms with E-state index in [1.165, 1.54) is 24.3 Å². The summed E-state index contributed by atoms with van der Waals surface area (Å²) in [4.78, 5) is 27.4. The molecule has 0 aliphatic carbocycles. The SMILES string of the molecule is Cc1cccc2c3cccc(C)c3n(-c3ccc4oc5cc6c(=O)c7cc(C#N)c(C#N)cc7oc6cc5c(=O)c4c3)c12. The molecule has 0 unspecified atom stereocenters. The van der Waals surface area contributed by atoms with Crippen molar-refractivity contribution >= 4 is 65.7 Å². The second-order valence-electron chi connectivity index (χ2n) is 10.8. The van der Waals surface area contributed by atoms with Crippen LogP contribution in [0.4, 0.5) is 0 Å². The fourth-order valence-corrected chi connectivity index (χ4v) is 6.28. The number of nitrogens with zero attached hydrogens (tertiary/aromatic N) is 3. The second kappa shape index (κ2) is 8.66. The van der Waals surface area contributed by atoms with Crippen LogP contribution >= 0.6 is 0 Å². The van der Waals surface area contributed by atoms with Crippen molar-refractivity contribution in [3.63, 3.8) is 0 Å². The lowest BCUT2D eigenvalue weighted by Gasteiger charge is -2.12. The van der Waals surface area contributed by atoms with Crippen molar-refractivity contribution in [3.05, 3.63) is 122 Å². The van der Waals surface area contributed by atoms with Gasteiger partial charge in [-0.1, -0.05) is 36.4 Å². The molecule has 0 saturated heterocycles. The predicted octanol–water partition coefficient (Wildman–Crippen LogP) is 7.66. The summed E-state index contributed by atoms with van der Waals surface area (Å²) in [5.41, 5.74) is 5.78. The summed E-state index contributed by atoms with van der Waals surface area (Å²) in [7, 11) is 0. The maximum Gasteiger partial charge on any atom is 0.200 e. The van der Waals surface area contributed by atoms with E-state index in [0.717, 1.165) is 38.6 Å². The fraction of sp³-hybridized carbons (Fsp3) is 0.0556. The van der Waals surface area contributed by atoms with Crippen molar-refractivity contribution in [1.29, 1.82) is 10.5 Å². The molecule has 0 fully saturated rings. The van der Waals surface area contributed by atoms with Gasteiger partial charge in [-0.05, 0) is 61.4 Å². The van der Waals surface area contributed by atoms with Gasteiger partial charge < -0.3 is 13.4 Å². The zero-order valence-electron chi connectivity index (χ0n) is 23.0. The van der Waals surface area contributed by atoms with Gasteiger partial charge in [-0.3, -0.25) is 9.59 Å². The first-order valence-electron chi connectivity index (χ1n) is 13.6. The zero-order chi connectivity index (χ0) is 29.6. The minimum absolute atomic E-state index is 0.0874. The molecule has 8 aromatic rings. The molecule has 0 atom stereocenters. The van der Waals surface area contributed by atoms with Crippen LogP contribution in [0.25, 0.3) is 71.4 Å². The van der Waals surface area contributed by atoms with Crippen LogP contribution in [-0.4, -0.2) is 4.57 Å². The van der Waals surface area contributed by atoms with E-state index in [1.54, 1.807) is 6.07 Å². The number of aromatic nitrogens is 1. The molecule has 7 nitrogen and oxygen atoms in total. The van der Waals surface area contributed by atoms with Crippen LogP contribution in [-0.2, 0) is 0 Å². The lowest BCUT2D eigenvalue weighted by Crippen LogP contribution is -2.07. The minimum atomic E-state index is -0.380. The normalized spacial score (nSPS) is 11.6. The Morgan fingerprint density at radius 1 is 0.558 bits per heavy atom. The Balaban J connectivity index is 1.43. The molecule has 3 aromatic heterocycles. The Labute approximate surface area is 242 Å². The number of hydrogen-bond acceptors (Lipinski definition) is 6. The van der Waals surface area contributed by atoms with Gasteiger partial charge in [0.1, 0.15) is 34.5 Å². The Bertz CT molecular complexity index is 2710. The average Bonchev–Trinajstić information content (AvgIpc) is 3.37. The lowest BCUT2D eigenvalue weighted by molar-refractivity contribution is 0.652. The van der Waals surface area contributed by atoms with E-state index in [1.807, 2.05) is 24.3 Å². The highest BCUT2D eigenvalue weighted by atomic mass is 16.3. The number of fused-ring (bicyclic) bond motifs is 7. The molecule has 0 radical (unpaired) electrons. The number of para-hydroxylation sites is 2. The highest BCUT2D eigenvalue weighted by molar-refractivity contribution is 6.11. The third kappa shape index (κ3) is 3.34. The molecule has 7 heteroatoms. The highest BCUT2D eigenvalue weighted by Gasteiger charge is 2.19. The monoisotopic (exact) mass is 557 g/mol. The molecule has 43 heavy (non-hydrogen) atoms. The number of aryl methyl sites for hydroxylation is 2. The Morgan fingerprint density at radius 2 is 1.05 bits per heavy atom. The molecule has 0 bridgehead atoms. The van der Waals surface area contributed by atoms with Gasteiger partial charge in [-0.25, -0.2) is 0 Å². The smallest absolute Gasteiger partial charge is 0.200 e. The first kappa shape index (κ1) is 24.6. The summed E-state index contributed by atoms with van der Waals surface area (Å²) in [6, 6.07) is 27.8. The number of hydrogen-bond donors (Lipinski definition) is 0. The van der Waals surface area contributed by atoms with E-state index in [-0.39, 0.29) is 54.9 Å². The van der Waals surface area contributed by atoms with E-state index < -0.39 is 0 Å². The van der Waals surface area contributed by atoms with Crippen LogP contribution < -0.4 is 10.9 Å². The van der Waals surface area contributed by atoms with Crippen LogP contribution in [0.15, 0.2) is 97.3 Å². The van der Waals surface area contributed by atoms with Crippen LogP contribution in [0.5, 0.6) is 0 Å². The Hall–Kier alpha value is -6.18. The molecule has 0 aliphatic heterocycles. The topological polar surface area (TPSA) is 113 Å². The highest BCUT2D eigenvalue weighted by Crippen LogP contribution is 2.36. The molecular formula is C36H19N3O4. The van der Waals surface area contributed by atoms with Crippen molar-refractivity contribution in [1.82, 2.24) is 4.57 Å². The summed E-state index contributed by atoms with van der Waals surface area (Å²) in [6.07, 6.45) is 0. The van der Waals surface area contributed by atoms with Gasteiger partial charge in [0.15, 0.2) is 0 Å². The van der Waals surface area contributed by atoms with Crippen LogP contribution in [0.3, 0.4) is 0 Å². The van der Waals surface area contributed by atoms with Crippen molar-refractivity contribution in [2.24, 2.45) is 0 Å². The number of benzene rings is 5. The molecule has 0 aliphatic rings. The molecule has 3 heterocycles. The molecular weight excluding hydrogens is 538 g/mol. The van der Waals surface area contributed by atoms with Crippen LogP contribution in [0, 0.1) is 36.5 Å². The summed E-state index contributed by atoms with van der Waals surface area (Å²) >= 11 is 0. The van der Waals surface area contributed by atoms with E-state index in [9.17, 15) is 20.1 Å². The van der Waals surface area contributed by atoms with Crippen LogP contribution in [0.2, 0.25) is 0 Å². The molecule has 0 spiro atoms. The lowest BCUT2D eigenvalue weighted by atomic mass is 10.0. The third-order valence-electron chi connectivity index (χ3n) is 8.29. The summed E-state index contributed by atoms with van der Waals surface area (Å²) in [5, 5.41) is 22.2. The fourth-order valence-electron chi connectivity index (χ4n) is 6.28. The van der Waals surface area contributed by atoms with Gasteiger partial charge >= 0.3 is 0 Å². The van der Waals surface area contributed by atoms with E-state index in [0.29, 0.717) is 11.0 Å². The van der Waals surface area contributed by atoms with Gasteiger partial charge in [-0.15, -0.1) is 0 Å². The first-order valence-corrected chi connectivity index (χ1v) is 13.6. The minimum Gasteiger partial charge on any atom is -0.456 e. The van der Waals surface area contributed by atoms with Gasteiger partial charge in [0.2, 0.25) is 10.9 Å².